The van der Waals surface area contributed by atoms with Gasteiger partial charge in [-0.05, 0) is 49.9 Å². The zero-order chi connectivity index (χ0) is 16.5. The van der Waals surface area contributed by atoms with E-state index in [2.05, 4.69) is 31.4 Å². The molecule has 0 aromatic carbocycles. The van der Waals surface area contributed by atoms with Gasteiger partial charge in [0.1, 0.15) is 0 Å². The first-order valence-electron chi connectivity index (χ1n) is 8.66. The lowest BCUT2D eigenvalue weighted by Gasteiger charge is -2.36. The van der Waals surface area contributed by atoms with Gasteiger partial charge in [0.15, 0.2) is 0 Å². The molecular formula is C17H32N2O3. The predicted molar refractivity (Wildman–Crippen MR) is 87.7 cm³/mol. The Kier molecular flexibility index (Phi) is 8.28. The summed E-state index contributed by atoms with van der Waals surface area (Å²) in [5.41, 5.74) is 0. The van der Waals surface area contributed by atoms with Crippen molar-refractivity contribution in [3.05, 3.63) is 0 Å². The third-order valence-electron chi connectivity index (χ3n) is 4.79. The van der Waals surface area contributed by atoms with Gasteiger partial charge in [-0.3, -0.25) is 4.79 Å². The molecule has 3 atom stereocenters. The van der Waals surface area contributed by atoms with Crippen molar-refractivity contribution >= 4 is 12.0 Å². The maximum atomic E-state index is 12.4. The van der Waals surface area contributed by atoms with E-state index < -0.39 is 6.09 Å². The van der Waals surface area contributed by atoms with E-state index >= 15 is 0 Å². The molecule has 22 heavy (non-hydrogen) atoms. The maximum absolute atomic E-state index is 12.4. The monoisotopic (exact) mass is 312 g/mol. The molecule has 0 saturated heterocycles. The molecule has 1 aliphatic rings. The van der Waals surface area contributed by atoms with Crippen LogP contribution in [-0.2, 0) is 4.79 Å². The average Bonchev–Trinajstić information content (AvgIpc) is 2.45. The van der Waals surface area contributed by atoms with Gasteiger partial charge in [0.25, 0.3) is 0 Å². The normalized spacial score (nSPS) is 25.0. The number of carbonyl (C=O) groups is 2. The first kappa shape index (κ1) is 18.8. The molecule has 3 N–H and O–H groups in total. The number of rotatable bonds is 8. The lowest BCUT2D eigenvalue weighted by Crippen LogP contribution is -2.40. The quantitative estimate of drug-likeness (QED) is 0.602. The van der Waals surface area contributed by atoms with Crippen LogP contribution in [0.1, 0.15) is 59.3 Å². The van der Waals surface area contributed by atoms with Gasteiger partial charge in [0.05, 0.1) is 0 Å². The Bertz CT molecular complexity index is 358. The molecule has 1 fully saturated rings. The summed E-state index contributed by atoms with van der Waals surface area (Å²) in [5, 5.41) is 13.9. The van der Waals surface area contributed by atoms with E-state index in [-0.39, 0.29) is 11.8 Å². The number of amides is 2. The van der Waals surface area contributed by atoms with Crippen molar-refractivity contribution in [1.82, 2.24) is 10.6 Å². The fraction of sp³-hybridized carbons (Fsp3) is 0.882. The largest absolute Gasteiger partial charge is 0.465 e. The van der Waals surface area contributed by atoms with E-state index in [1.807, 2.05) is 0 Å². The van der Waals surface area contributed by atoms with Gasteiger partial charge in [-0.2, -0.15) is 0 Å². The van der Waals surface area contributed by atoms with Crippen LogP contribution in [0.25, 0.3) is 0 Å². The average molecular weight is 312 g/mol. The highest BCUT2D eigenvalue weighted by Crippen LogP contribution is 2.38. The molecule has 0 heterocycles. The molecule has 1 rings (SSSR count). The van der Waals surface area contributed by atoms with Crippen LogP contribution in [0.4, 0.5) is 4.79 Å². The summed E-state index contributed by atoms with van der Waals surface area (Å²) < 4.78 is 0. The second kappa shape index (κ2) is 9.70. The van der Waals surface area contributed by atoms with E-state index in [1.165, 1.54) is 6.42 Å². The zero-order valence-electron chi connectivity index (χ0n) is 14.2. The molecule has 0 spiro atoms. The summed E-state index contributed by atoms with van der Waals surface area (Å²) in [7, 11) is 0. The van der Waals surface area contributed by atoms with Gasteiger partial charge in [-0.1, -0.05) is 27.2 Å². The highest BCUT2D eigenvalue weighted by atomic mass is 16.4. The summed E-state index contributed by atoms with van der Waals surface area (Å²) in [6.45, 7) is 7.86. The van der Waals surface area contributed by atoms with Crippen molar-refractivity contribution in [2.75, 3.05) is 13.1 Å². The fourth-order valence-corrected chi connectivity index (χ4v) is 3.47. The van der Waals surface area contributed by atoms with Gasteiger partial charge in [0, 0.05) is 19.0 Å². The molecule has 5 heteroatoms. The van der Waals surface area contributed by atoms with Gasteiger partial charge >= 0.3 is 6.09 Å². The van der Waals surface area contributed by atoms with Crippen molar-refractivity contribution in [2.24, 2.45) is 23.7 Å². The second-order valence-corrected chi connectivity index (χ2v) is 7.02. The van der Waals surface area contributed by atoms with E-state index in [1.54, 1.807) is 0 Å². The number of hydrogen-bond donors (Lipinski definition) is 3. The molecule has 5 nitrogen and oxygen atoms in total. The van der Waals surface area contributed by atoms with Crippen molar-refractivity contribution in [3.63, 3.8) is 0 Å². The summed E-state index contributed by atoms with van der Waals surface area (Å²) in [4.78, 5) is 22.7. The van der Waals surface area contributed by atoms with Crippen LogP contribution in [0.3, 0.4) is 0 Å². The molecule has 1 aliphatic carbocycles. The summed E-state index contributed by atoms with van der Waals surface area (Å²) >= 11 is 0. The molecule has 1 saturated carbocycles. The van der Waals surface area contributed by atoms with E-state index in [9.17, 15) is 9.59 Å². The predicted octanol–water partition coefficient (Wildman–Crippen LogP) is 3.25. The standard InChI is InChI=1S/C17H32N2O3/c1-12(2)14-8-7-13(3)11-15(14)16(20)18-9-5-4-6-10-19-17(21)22/h12-15,19H,4-11H2,1-3H3,(H,18,20)(H,21,22)/t13-,14+,15-/m1/s1. The van der Waals surface area contributed by atoms with E-state index in [0.29, 0.717) is 30.8 Å². The summed E-state index contributed by atoms with van der Waals surface area (Å²) in [6, 6.07) is 0. The van der Waals surface area contributed by atoms with Crippen LogP contribution < -0.4 is 10.6 Å². The van der Waals surface area contributed by atoms with Crippen molar-refractivity contribution in [1.29, 1.82) is 0 Å². The Hall–Kier alpha value is -1.26. The first-order chi connectivity index (χ1) is 10.4. The van der Waals surface area contributed by atoms with E-state index in [0.717, 1.165) is 32.1 Å². The van der Waals surface area contributed by atoms with Crippen LogP contribution in [0.2, 0.25) is 0 Å². The Balaban J connectivity index is 2.23. The fourth-order valence-electron chi connectivity index (χ4n) is 3.47. The topological polar surface area (TPSA) is 78.4 Å². The van der Waals surface area contributed by atoms with Crippen molar-refractivity contribution in [3.8, 4) is 0 Å². The minimum Gasteiger partial charge on any atom is -0.465 e. The highest BCUT2D eigenvalue weighted by molar-refractivity contribution is 5.79. The Labute approximate surface area is 134 Å². The number of carbonyl (C=O) groups excluding carboxylic acids is 1. The minimum atomic E-state index is -0.973. The van der Waals surface area contributed by atoms with E-state index in [4.69, 9.17) is 5.11 Å². The van der Waals surface area contributed by atoms with Gasteiger partial charge in [-0.25, -0.2) is 4.79 Å². The molecule has 128 valence electrons. The lowest BCUT2D eigenvalue weighted by molar-refractivity contribution is -0.129. The summed E-state index contributed by atoms with van der Waals surface area (Å²) in [6.07, 6.45) is 5.09. The first-order valence-corrected chi connectivity index (χ1v) is 8.66. The molecule has 0 unspecified atom stereocenters. The third-order valence-corrected chi connectivity index (χ3v) is 4.79. The molecule has 0 aromatic heterocycles. The van der Waals surface area contributed by atoms with Gasteiger partial charge in [0.2, 0.25) is 5.91 Å². The molecule has 0 bridgehead atoms. The van der Waals surface area contributed by atoms with Crippen LogP contribution in [0.5, 0.6) is 0 Å². The van der Waals surface area contributed by atoms with Crippen molar-refractivity contribution in [2.45, 2.75) is 59.3 Å². The number of carboxylic acid groups (broad SMARTS) is 1. The van der Waals surface area contributed by atoms with Crippen LogP contribution >= 0.6 is 0 Å². The Morgan fingerprint density at radius 2 is 1.73 bits per heavy atom. The lowest BCUT2D eigenvalue weighted by atomic mass is 9.70. The SMILES string of the molecule is CC(C)[C@@H]1CC[C@@H](C)C[C@H]1C(=O)NCCCCCNC(=O)O. The molecule has 0 radical (unpaired) electrons. The molecule has 0 aliphatic heterocycles. The van der Waals surface area contributed by atoms with Crippen LogP contribution in [0, 0.1) is 23.7 Å². The number of hydrogen-bond acceptors (Lipinski definition) is 2. The Morgan fingerprint density at radius 1 is 1.09 bits per heavy atom. The Morgan fingerprint density at radius 3 is 2.32 bits per heavy atom. The van der Waals surface area contributed by atoms with Gasteiger partial charge in [-0.15, -0.1) is 0 Å². The smallest absolute Gasteiger partial charge is 0.404 e. The minimum absolute atomic E-state index is 0.164. The second-order valence-electron chi connectivity index (χ2n) is 7.02. The number of nitrogens with one attached hydrogen (secondary N) is 2. The number of unbranched alkanes of at least 4 members (excludes halogenated alkanes) is 2. The molecule has 2 amide bonds. The van der Waals surface area contributed by atoms with Crippen LogP contribution in [0.15, 0.2) is 0 Å². The van der Waals surface area contributed by atoms with Crippen molar-refractivity contribution < 1.29 is 14.7 Å². The maximum Gasteiger partial charge on any atom is 0.404 e. The summed E-state index contributed by atoms with van der Waals surface area (Å²) in [5.74, 6) is 2.10. The third kappa shape index (κ3) is 6.67. The molecule has 0 aromatic rings. The highest BCUT2D eigenvalue weighted by Gasteiger charge is 2.34. The van der Waals surface area contributed by atoms with Crippen LogP contribution in [-0.4, -0.2) is 30.2 Å². The zero-order valence-corrected chi connectivity index (χ0v) is 14.2. The molecular weight excluding hydrogens is 280 g/mol. The van der Waals surface area contributed by atoms with Gasteiger partial charge < -0.3 is 15.7 Å².